The number of carbonyl (C=O) groups is 1. The van der Waals surface area contributed by atoms with Crippen LogP contribution < -0.4 is 16.4 Å². The molecule has 29 heavy (non-hydrogen) atoms. The highest BCUT2D eigenvalue weighted by Gasteiger charge is 2.27. The molecule has 2 heterocycles. The normalized spacial score (nSPS) is 13.4. The number of halogens is 1. The molecule has 0 spiro atoms. The Morgan fingerprint density at radius 2 is 2.10 bits per heavy atom. The summed E-state index contributed by atoms with van der Waals surface area (Å²) in [6.45, 7) is 6.15. The summed E-state index contributed by atoms with van der Waals surface area (Å²) in [5.41, 5.74) is 6.51. The number of amides is 1. The third kappa shape index (κ3) is 5.26. The molecule has 0 fully saturated rings. The number of alkyl halides is 1. The lowest BCUT2D eigenvalue weighted by Crippen LogP contribution is -2.42. The van der Waals surface area contributed by atoms with Crippen molar-refractivity contribution in [3.8, 4) is 0 Å². The van der Waals surface area contributed by atoms with Crippen LogP contribution in [0.4, 0.5) is 10.1 Å². The molecule has 8 nitrogen and oxygen atoms in total. The van der Waals surface area contributed by atoms with Crippen molar-refractivity contribution in [3.63, 3.8) is 0 Å². The Morgan fingerprint density at radius 1 is 1.41 bits per heavy atom. The fourth-order valence-corrected chi connectivity index (χ4v) is 2.57. The second-order valence-electron chi connectivity index (χ2n) is 7.51. The third-order valence-corrected chi connectivity index (χ3v) is 4.23. The molecule has 2 aromatic rings. The van der Waals surface area contributed by atoms with Gasteiger partial charge >= 0.3 is 0 Å². The number of nitrogens with zero attached hydrogens (tertiary/aromatic N) is 2. The molecule has 0 saturated heterocycles. The minimum atomic E-state index is -1.63. The third-order valence-electron chi connectivity index (χ3n) is 4.23. The van der Waals surface area contributed by atoms with Gasteiger partial charge in [-0.05, 0) is 39.8 Å². The molecule has 2 rings (SSSR count). The zero-order valence-electron chi connectivity index (χ0n) is 17.0. The Morgan fingerprint density at radius 3 is 2.66 bits per heavy atom. The van der Waals surface area contributed by atoms with Crippen molar-refractivity contribution in [1.29, 1.82) is 5.41 Å². The Labute approximate surface area is 168 Å². The van der Waals surface area contributed by atoms with Crippen LogP contribution in [-0.4, -0.2) is 51.6 Å². The van der Waals surface area contributed by atoms with Gasteiger partial charge in [0.1, 0.15) is 11.7 Å². The summed E-state index contributed by atoms with van der Waals surface area (Å²) in [6, 6.07) is 3.40. The van der Waals surface area contributed by atoms with Crippen LogP contribution in [-0.2, 0) is 0 Å². The van der Waals surface area contributed by atoms with Crippen molar-refractivity contribution >= 4 is 34.4 Å². The van der Waals surface area contributed by atoms with Gasteiger partial charge in [0.05, 0.1) is 34.6 Å². The summed E-state index contributed by atoms with van der Waals surface area (Å²) in [5.74, 6) is -0.539. The first-order valence-corrected chi connectivity index (χ1v) is 9.22. The maximum absolute atomic E-state index is 14.0. The van der Waals surface area contributed by atoms with Crippen molar-refractivity contribution < 1.29 is 14.3 Å². The van der Waals surface area contributed by atoms with E-state index in [0.717, 1.165) is 6.21 Å². The summed E-state index contributed by atoms with van der Waals surface area (Å²) in [6.07, 6.45) is 2.14. The highest BCUT2D eigenvalue weighted by molar-refractivity contribution is 6.09. The van der Waals surface area contributed by atoms with Crippen molar-refractivity contribution in [3.05, 3.63) is 35.8 Å². The first-order chi connectivity index (χ1) is 13.6. The van der Waals surface area contributed by atoms with Gasteiger partial charge in [-0.1, -0.05) is 0 Å². The van der Waals surface area contributed by atoms with Crippen LogP contribution in [0.2, 0.25) is 0 Å². The average Bonchev–Trinajstić information content (AvgIpc) is 2.66. The lowest BCUT2D eigenvalue weighted by atomic mass is 10.0. The van der Waals surface area contributed by atoms with Crippen molar-refractivity contribution in [2.75, 3.05) is 11.9 Å². The second kappa shape index (κ2) is 8.95. The summed E-state index contributed by atoms with van der Waals surface area (Å²) in [7, 11) is 0. The maximum atomic E-state index is 14.0. The van der Waals surface area contributed by atoms with Crippen LogP contribution >= 0.6 is 0 Å². The van der Waals surface area contributed by atoms with Gasteiger partial charge < -0.3 is 26.9 Å². The number of carbonyl (C=O) groups excluding carboxylic acids is 1. The molecule has 0 aliphatic rings. The predicted octanol–water partition coefficient (Wildman–Crippen LogP) is 2.24. The smallest absolute Gasteiger partial charge is 0.255 e. The molecule has 0 aliphatic carbocycles. The lowest BCUT2D eigenvalue weighted by molar-refractivity contribution is -0.00177. The maximum Gasteiger partial charge on any atom is 0.255 e. The first kappa shape index (κ1) is 22.2. The van der Waals surface area contributed by atoms with Crippen LogP contribution in [0.15, 0.2) is 24.5 Å². The molecule has 0 saturated carbocycles. The molecule has 0 bridgehead atoms. The Kier molecular flexibility index (Phi) is 6.86. The molecule has 6 N–H and O–H groups in total. The Bertz CT molecular complexity index is 936. The number of hydrogen-bond acceptors (Lipinski definition) is 7. The van der Waals surface area contributed by atoms with Gasteiger partial charge in [0, 0.05) is 30.2 Å². The van der Waals surface area contributed by atoms with Crippen molar-refractivity contribution in [2.24, 2.45) is 5.73 Å². The van der Waals surface area contributed by atoms with E-state index < -0.39 is 17.7 Å². The minimum absolute atomic E-state index is 0.0184. The van der Waals surface area contributed by atoms with Crippen LogP contribution in [0, 0.1) is 5.41 Å². The highest BCUT2D eigenvalue weighted by atomic mass is 19.1. The fourth-order valence-electron chi connectivity index (χ4n) is 2.57. The van der Waals surface area contributed by atoms with Crippen LogP contribution in [0.1, 0.15) is 43.7 Å². The van der Waals surface area contributed by atoms with Gasteiger partial charge in [0.2, 0.25) is 0 Å². The van der Waals surface area contributed by atoms with E-state index >= 15 is 0 Å². The molecule has 9 heteroatoms. The number of aromatic nitrogens is 2. The zero-order valence-corrected chi connectivity index (χ0v) is 17.0. The van der Waals surface area contributed by atoms with Crippen molar-refractivity contribution in [1.82, 2.24) is 15.3 Å². The molecule has 2 aromatic heterocycles. The number of hydrogen-bond donors (Lipinski definition) is 5. The van der Waals surface area contributed by atoms with E-state index in [9.17, 15) is 14.3 Å². The molecule has 156 valence electrons. The standard InChI is InChI=1S/C20H27FN6O2/c1-11(2)26-17-13(19(28)25-10-16(21)20(3,4)29)9-24-15-6-5-14(27-18(15)17)12(7-22)8-23/h5-9,11,16,22,29H,10,23H2,1-4H3,(H,24,26)(H,25,28)/b12-8+,22-7?/t16-/m1/s1. The number of nitrogens with two attached hydrogens (primary N) is 1. The molecular weight excluding hydrogens is 375 g/mol. The summed E-state index contributed by atoms with van der Waals surface area (Å²) in [4.78, 5) is 21.5. The topological polar surface area (TPSA) is 137 Å². The van der Waals surface area contributed by atoms with E-state index in [1.54, 1.807) is 12.1 Å². The van der Waals surface area contributed by atoms with Crippen LogP contribution in [0.25, 0.3) is 16.6 Å². The van der Waals surface area contributed by atoms with E-state index in [4.69, 9.17) is 11.1 Å². The van der Waals surface area contributed by atoms with Gasteiger partial charge in [-0.25, -0.2) is 9.37 Å². The number of pyridine rings is 2. The van der Waals surface area contributed by atoms with Crippen LogP contribution in [0.3, 0.4) is 0 Å². The first-order valence-electron chi connectivity index (χ1n) is 9.22. The van der Waals surface area contributed by atoms with E-state index in [1.165, 1.54) is 26.2 Å². The molecule has 0 unspecified atom stereocenters. The van der Waals surface area contributed by atoms with Crippen molar-refractivity contribution in [2.45, 2.75) is 45.5 Å². The number of nitrogens with one attached hydrogen (secondary N) is 3. The Hall–Kier alpha value is -3.07. The largest absolute Gasteiger partial charge is 0.404 e. The second-order valence-corrected chi connectivity index (χ2v) is 7.51. The van der Waals surface area contributed by atoms with E-state index in [-0.39, 0.29) is 18.2 Å². The van der Waals surface area contributed by atoms with Gasteiger partial charge in [-0.2, -0.15) is 0 Å². The van der Waals surface area contributed by atoms with Crippen LogP contribution in [0.5, 0.6) is 0 Å². The van der Waals surface area contributed by atoms with E-state index in [2.05, 4.69) is 20.6 Å². The summed E-state index contributed by atoms with van der Waals surface area (Å²) in [5, 5.41) is 22.9. The highest BCUT2D eigenvalue weighted by Crippen LogP contribution is 2.27. The number of anilines is 1. The molecule has 0 radical (unpaired) electrons. The average molecular weight is 402 g/mol. The number of fused-ring (bicyclic) bond motifs is 1. The SMILES string of the molecule is CC(C)Nc1c(C(=O)NC[C@@H](F)C(C)(C)O)cnc2ccc(/C(C=N)=C/N)nc12. The monoisotopic (exact) mass is 402 g/mol. The molecule has 0 aliphatic heterocycles. The quantitative estimate of drug-likeness (QED) is 0.430. The zero-order chi connectivity index (χ0) is 21.8. The van der Waals surface area contributed by atoms with Gasteiger partial charge in [0.25, 0.3) is 5.91 Å². The van der Waals surface area contributed by atoms with E-state index in [1.807, 2.05) is 13.8 Å². The van der Waals surface area contributed by atoms with Gasteiger partial charge in [-0.3, -0.25) is 9.78 Å². The van der Waals surface area contributed by atoms with Gasteiger partial charge in [-0.15, -0.1) is 0 Å². The molecule has 1 amide bonds. The molecule has 1 atom stereocenters. The number of aliphatic hydroxyl groups is 1. The fraction of sp³-hybridized carbons (Fsp3) is 0.400. The number of rotatable bonds is 8. The molecular formula is C20H27FN6O2. The van der Waals surface area contributed by atoms with Gasteiger partial charge in [0.15, 0.2) is 0 Å². The lowest BCUT2D eigenvalue weighted by Gasteiger charge is -2.23. The Balaban J connectivity index is 2.51. The van der Waals surface area contributed by atoms with E-state index in [0.29, 0.717) is 28.0 Å². The number of allylic oxidation sites excluding steroid dienone is 1. The molecule has 0 aromatic carbocycles. The predicted molar refractivity (Wildman–Crippen MR) is 113 cm³/mol. The summed E-state index contributed by atoms with van der Waals surface area (Å²) >= 11 is 0. The summed E-state index contributed by atoms with van der Waals surface area (Å²) < 4.78 is 14.0. The minimum Gasteiger partial charge on any atom is -0.404 e.